The number of benzene rings is 1. The number of hydrogen-bond acceptors (Lipinski definition) is 5. The number of nitrogens with zero attached hydrogens (tertiary/aromatic N) is 3. The summed E-state index contributed by atoms with van der Waals surface area (Å²) >= 11 is 1.38. The van der Waals surface area contributed by atoms with Crippen molar-refractivity contribution in [2.75, 3.05) is 18.0 Å². The van der Waals surface area contributed by atoms with E-state index in [2.05, 4.69) is 39.8 Å². The molecular formula is C20H24N4O2S. The molecule has 1 saturated heterocycles. The highest BCUT2D eigenvalue weighted by molar-refractivity contribution is 7.15. The lowest BCUT2D eigenvalue weighted by Gasteiger charge is -2.30. The standard InChI is InChI=1S/C20H24N4O2S/c1-14-22-23-19(27-14)24-12-15(11-17(24)25)18(26)21-13-20(9-5-6-10-20)16-7-3-2-4-8-16/h2-4,7-8,15H,5-6,9-13H2,1H3,(H,21,26). The molecule has 1 unspecified atom stereocenters. The van der Waals surface area contributed by atoms with E-state index >= 15 is 0 Å². The van der Waals surface area contributed by atoms with E-state index in [4.69, 9.17) is 0 Å². The first kappa shape index (κ1) is 18.1. The highest BCUT2D eigenvalue weighted by atomic mass is 32.1. The van der Waals surface area contributed by atoms with Crippen molar-refractivity contribution in [2.24, 2.45) is 5.92 Å². The third-order valence-electron chi connectivity index (χ3n) is 5.79. The zero-order valence-electron chi connectivity index (χ0n) is 15.5. The van der Waals surface area contributed by atoms with E-state index in [0.717, 1.165) is 17.8 Å². The number of anilines is 1. The molecule has 2 fully saturated rings. The van der Waals surface area contributed by atoms with Gasteiger partial charge in [0, 0.05) is 24.9 Å². The molecule has 6 nitrogen and oxygen atoms in total. The Morgan fingerprint density at radius 3 is 2.67 bits per heavy atom. The summed E-state index contributed by atoms with van der Waals surface area (Å²) in [5.41, 5.74) is 1.33. The Morgan fingerprint density at radius 1 is 1.26 bits per heavy atom. The molecule has 2 aromatic rings. The quantitative estimate of drug-likeness (QED) is 0.860. The van der Waals surface area contributed by atoms with Gasteiger partial charge >= 0.3 is 0 Å². The van der Waals surface area contributed by atoms with Gasteiger partial charge < -0.3 is 5.32 Å². The smallest absolute Gasteiger partial charge is 0.229 e. The molecule has 1 N–H and O–H groups in total. The van der Waals surface area contributed by atoms with Gasteiger partial charge in [0.1, 0.15) is 5.01 Å². The van der Waals surface area contributed by atoms with Crippen LogP contribution in [0.5, 0.6) is 0 Å². The van der Waals surface area contributed by atoms with Crippen LogP contribution in [0.1, 0.15) is 42.7 Å². The number of amides is 2. The average molecular weight is 385 g/mol. The van der Waals surface area contributed by atoms with Crippen LogP contribution in [-0.2, 0) is 15.0 Å². The fourth-order valence-electron chi connectivity index (χ4n) is 4.27. The largest absolute Gasteiger partial charge is 0.355 e. The van der Waals surface area contributed by atoms with Crippen molar-refractivity contribution < 1.29 is 9.59 Å². The maximum absolute atomic E-state index is 12.8. The van der Waals surface area contributed by atoms with E-state index in [1.165, 1.54) is 29.7 Å². The molecule has 0 radical (unpaired) electrons. The highest BCUT2D eigenvalue weighted by Gasteiger charge is 2.39. The van der Waals surface area contributed by atoms with Crippen LogP contribution in [0.25, 0.3) is 0 Å². The van der Waals surface area contributed by atoms with Crippen molar-refractivity contribution in [1.82, 2.24) is 15.5 Å². The van der Waals surface area contributed by atoms with Gasteiger partial charge in [-0.2, -0.15) is 0 Å². The molecule has 1 atom stereocenters. The number of carbonyl (C=O) groups is 2. The van der Waals surface area contributed by atoms with Crippen LogP contribution in [0.2, 0.25) is 0 Å². The summed E-state index contributed by atoms with van der Waals surface area (Å²) < 4.78 is 0. The maximum Gasteiger partial charge on any atom is 0.229 e. The molecular weight excluding hydrogens is 360 g/mol. The lowest BCUT2D eigenvalue weighted by molar-refractivity contribution is -0.126. The first-order valence-corrected chi connectivity index (χ1v) is 10.3. The number of rotatable bonds is 5. The topological polar surface area (TPSA) is 75.2 Å². The van der Waals surface area contributed by atoms with Crippen molar-refractivity contribution in [3.05, 3.63) is 40.9 Å². The fourth-order valence-corrected chi connectivity index (χ4v) is 4.99. The second-order valence-corrected chi connectivity index (χ2v) is 8.74. The Labute approximate surface area is 163 Å². The first-order valence-electron chi connectivity index (χ1n) is 9.51. The molecule has 142 valence electrons. The summed E-state index contributed by atoms with van der Waals surface area (Å²) in [6.07, 6.45) is 4.81. The SMILES string of the molecule is Cc1nnc(N2CC(C(=O)NCC3(c4ccccc4)CCCC3)CC2=O)s1. The number of nitrogens with one attached hydrogen (secondary N) is 1. The highest BCUT2D eigenvalue weighted by Crippen LogP contribution is 2.40. The summed E-state index contributed by atoms with van der Waals surface area (Å²) in [6, 6.07) is 10.5. The molecule has 27 heavy (non-hydrogen) atoms. The third kappa shape index (κ3) is 3.60. The first-order chi connectivity index (χ1) is 13.1. The van der Waals surface area contributed by atoms with Crippen LogP contribution < -0.4 is 10.2 Å². The summed E-state index contributed by atoms with van der Waals surface area (Å²) in [5, 5.41) is 12.6. The molecule has 4 rings (SSSR count). The molecule has 0 spiro atoms. The Bertz CT molecular complexity index is 830. The number of hydrogen-bond donors (Lipinski definition) is 1. The van der Waals surface area contributed by atoms with Gasteiger partial charge in [0.2, 0.25) is 16.9 Å². The fraction of sp³-hybridized carbons (Fsp3) is 0.500. The van der Waals surface area contributed by atoms with Gasteiger partial charge in [0.15, 0.2) is 0 Å². The van der Waals surface area contributed by atoms with Gasteiger partial charge in [-0.25, -0.2) is 0 Å². The van der Waals surface area contributed by atoms with Gasteiger partial charge in [0.25, 0.3) is 0 Å². The normalized spacial score (nSPS) is 21.6. The van der Waals surface area contributed by atoms with E-state index < -0.39 is 0 Å². The number of carbonyl (C=O) groups excluding carboxylic acids is 2. The van der Waals surface area contributed by atoms with E-state index in [-0.39, 0.29) is 29.6 Å². The third-order valence-corrected chi connectivity index (χ3v) is 6.65. The molecule has 2 amide bonds. The van der Waals surface area contributed by atoms with Gasteiger partial charge in [-0.05, 0) is 25.3 Å². The van der Waals surface area contributed by atoms with Gasteiger partial charge in [-0.3, -0.25) is 14.5 Å². The molecule has 7 heteroatoms. The summed E-state index contributed by atoms with van der Waals surface area (Å²) in [4.78, 5) is 26.7. The average Bonchev–Trinajstić information content (AvgIpc) is 3.41. The molecule has 2 aliphatic rings. The summed E-state index contributed by atoms with van der Waals surface area (Å²) in [7, 11) is 0. The predicted molar refractivity (Wildman–Crippen MR) is 105 cm³/mol. The van der Waals surface area contributed by atoms with E-state index in [9.17, 15) is 9.59 Å². The van der Waals surface area contributed by atoms with Gasteiger partial charge in [0.05, 0.1) is 5.92 Å². The zero-order chi connectivity index (χ0) is 18.9. The summed E-state index contributed by atoms with van der Waals surface area (Å²) in [6.45, 7) is 2.88. The second kappa shape index (κ2) is 7.38. The zero-order valence-corrected chi connectivity index (χ0v) is 16.3. The molecule has 1 aromatic carbocycles. The molecule has 2 heterocycles. The number of aromatic nitrogens is 2. The lowest BCUT2D eigenvalue weighted by atomic mass is 9.78. The van der Waals surface area contributed by atoms with E-state index in [1.807, 2.05) is 13.0 Å². The monoisotopic (exact) mass is 384 g/mol. The number of aryl methyl sites for hydroxylation is 1. The van der Waals surface area contributed by atoms with Crippen molar-refractivity contribution in [1.29, 1.82) is 0 Å². The second-order valence-electron chi connectivity index (χ2n) is 7.58. The van der Waals surface area contributed by atoms with Crippen LogP contribution in [0.4, 0.5) is 5.13 Å². The molecule has 1 saturated carbocycles. The maximum atomic E-state index is 12.8. The van der Waals surface area contributed by atoms with Crippen molar-refractivity contribution in [3.63, 3.8) is 0 Å². The Hall–Kier alpha value is -2.28. The minimum Gasteiger partial charge on any atom is -0.355 e. The Morgan fingerprint density at radius 2 is 2.00 bits per heavy atom. The van der Waals surface area contributed by atoms with Crippen LogP contribution >= 0.6 is 11.3 Å². The minimum atomic E-state index is -0.323. The lowest BCUT2D eigenvalue weighted by Crippen LogP contribution is -2.42. The Kier molecular flexibility index (Phi) is 4.95. The molecule has 1 aliphatic heterocycles. The van der Waals surface area contributed by atoms with Crippen LogP contribution in [0.3, 0.4) is 0 Å². The van der Waals surface area contributed by atoms with Crippen molar-refractivity contribution in [3.8, 4) is 0 Å². The minimum absolute atomic E-state index is 0.0234. The summed E-state index contributed by atoms with van der Waals surface area (Å²) in [5.74, 6) is -0.407. The van der Waals surface area contributed by atoms with Crippen molar-refractivity contribution in [2.45, 2.75) is 44.4 Å². The Balaban J connectivity index is 1.41. The molecule has 0 bridgehead atoms. The predicted octanol–water partition coefficient (Wildman–Crippen LogP) is 2.83. The van der Waals surface area contributed by atoms with Gasteiger partial charge in [-0.15, -0.1) is 10.2 Å². The van der Waals surface area contributed by atoms with E-state index in [0.29, 0.717) is 18.2 Å². The van der Waals surface area contributed by atoms with Crippen LogP contribution in [0.15, 0.2) is 30.3 Å². The van der Waals surface area contributed by atoms with Crippen molar-refractivity contribution >= 4 is 28.3 Å². The van der Waals surface area contributed by atoms with Gasteiger partial charge in [-0.1, -0.05) is 54.5 Å². The molecule has 1 aromatic heterocycles. The van der Waals surface area contributed by atoms with Crippen LogP contribution in [-0.4, -0.2) is 35.1 Å². The van der Waals surface area contributed by atoms with Crippen LogP contribution in [0, 0.1) is 12.8 Å². The molecule has 1 aliphatic carbocycles. The van der Waals surface area contributed by atoms with E-state index in [1.54, 1.807) is 4.90 Å².